The topological polar surface area (TPSA) is 266 Å². The molecule has 5 aromatic rings. The molecule has 6 saturated heterocycles. The largest absolute Gasteiger partial charge is 0.467 e. The Balaban J connectivity index is 0.000000200. The number of nitro groups is 1. The molecule has 2 bridgehead atoms. The molecule has 0 aromatic heterocycles. The van der Waals surface area contributed by atoms with Crippen LogP contribution >= 0.6 is 46.6 Å². The number of fused-ring (bicyclic) bond motifs is 2. The molecule has 0 radical (unpaired) electrons. The maximum Gasteiger partial charge on any atom is 0.375 e. The van der Waals surface area contributed by atoms with Crippen molar-refractivity contribution in [2.24, 2.45) is 0 Å². The molecule has 0 saturated carbocycles. The first-order valence-corrected chi connectivity index (χ1v) is 39.8. The highest BCUT2D eigenvalue weighted by Gasteiger charge is 2.40. The predicted molar refractivity (Wildman–Crippen MR) is 420 cm³/mol. The van der Waals surface area contributed by atoms with Crippen molar-refractivity contribution >= 4 is 104 Å². The highest BCUT2D eigenvalue weighted by Crippen LogP contribution is 2.31. The lowest BCUT2D eigenvalue weighted by Crippen LogP contribution is -2.61. The number of hydrogen-bond donors (Lipinski definition) is 2. The van der Waals surface area contributed by atoms with Gasteiger partial charge in [0, 0.05) is 70.0 Å². The highest BCUT2D eigenvalue weighted by molar-refractivity contribution is 14.1. The van der Waals surface area contributed by atoms with Crippen LogP contribution in [0, 0.1) is 10.1 Å². The number of carbonyl (C=O) groups excluding carboxylic acids is 8. The second kappa shape index (κ2) is 47.2. The molecule has 572 valence electrons. The number of nitrogens with one attached hydrogen (secondary N) is 2. The molecule has 0 spiro atoms. The number of rotatable bonds is 16. The summed E-state index contributed by atoms with van der Waals surface area (Å²) >= 11 is 9.28. The van der Waals surface area contributed by atoms with Crippen LogP contribution in [0.4, 0.5) is 0 Å². The number of thiocarbonyl (C=S) groups is 1. The van der Waals surface area contributed by atoms with Crippen LogP contribution in [0.15, 0.2) is 164 Å². The van der Waals surface area contributed by atoms with Crippen LogP contribution in [0.1, 0.15) is 143 Å². The lowest BCUT2D eigenvalue weighted by molar-refractivity contribution is -0.573. The van der Waals surface area contributed by atoms with E-state index in [-0.39, 0.29) is 65.7 Å². The number of piperidine rings is 5. The Bertz CT molecular complexity index is 3600. The molecule has 7 aliphatic heterocycles. The van der Waals surface area contributed by atoms with Gasteiger partial charge in [-0.05, 0) is 123 Å². The predicted octanol–water partition coefficient (Wildman–Crippen LogP) is 11.7. The number of benzene rings is 5. The number of ether oxygens (including phenoxy) is 5. The zero-order chi connectivity index (χ0) is 76.8. The molecule has 7 atom stereocenters. The molecule has 7 aliphatic rings. The molecule has 5 aromatic carbocycles. The van der Waals surface area contributed by atoms with E-state index in [1.165, 1.54) is 64.6 Å². The second-order valence-corrected chi connectivity index (χ2v) is 27.4. The fraction of sp³-hybridized carbons (Fsp3) is 0.475. The average molecular weight is 1610 g/mol. The molecule has 2 N–H and O–H groups in total. The fourth-order valence-corrected chi connectivity index (χ4v) is 14.9. The Labute approximate surface area is 647 Å². The van der Waals surface area contributed by atoms with Crippen LogP contribution in [0.3, 0.4) is 0 Å². The first-order valence-electron chi connectivity index (χ1n) is 36.1. The van der Waals surface area contributed by atoms with Crippen LogP contribution in [0.2, 0.25) is 0 Å². The van der Waals surface area contributed by atoms with Crippen LogP contribution in [0.5, 0.6) is 0 Å². The van der Waals surface area contributed by atoms with Gasteiger partial charge in [0.05, 0.1) is 57.2 Å². The number of hydrogen-bond acceptors (Lipinski definition) is 19. The number of allylic oxidation sites excluding steroid dienone is 1. The van der Waals surface area contributed by atoms with Crippen molar-refractivity contribution in [1.29, 1.82) is 0 Å². The van der Waals surface area contributed by atoms with Crippen molar-refractivity contribution in [3.63, 3.8) is 0 Å². The van der Waals surface area contributed by atoms with Gasteiger partial charge in [0.1, 0.15) is 24.2 Å². The van der Waals surface area contributed by atoms with Crippen LogP contribution in [0.25, 0.3) is 0 Å². The number of carbonyl (C=O) groups is 8. The molecule has 7 heterocycles. The quantitative estimate of drug-likeness (QED) is 0.0136. The van der Waals surface area contributed by atoms with E-state index >= 15 is 0 Å². The van der Waals surface area contributed by atoms with Crippen molar-refractivity contribution in [3.8, 4) is 0 Å². The van der Waals surface area contributed by atoms with Crippen LogP contribution in [-0.2, 0) is 94.8 Å². The molecule has 23 nitrogen and oxygen atoms in total. The van der Waals surface area contributed by atoms with E-state index in [0.29, 0.717) is 69.9 Å². The SMILES string of the molecule is CI.COC(=O)[C@@H]1CCC/C(=C\[N+](=O)[O-])N1Cc1ccccc1.COC(=O)[C@@H]1CCCC(=O)N1.COC(=O)[C@@H]1CCCC(=O)N1Cc1ccccc1.COC(=O)[C@@H]1CCCC(=S)N1Cc1ccccc1.COC(=O)[C@@H]1CCCC(SC)=[N+]1Cc1ccccc1.O=C1NCC2CCCC1N2Cc1ccccc1. The minimum atomic E-state index is -0.465. The molecule has 6 fully saturated rings. The first-order chi connectivity index (χ1) is 51.4. The molecule has 12 rings (SSSR count). The number of esters is 5. The molecule has 106 heavy (non-hydrogen) atoms. The van der Waals surface area contributed by atoms with E-state index in [0.717, 1.165) is 112 Å². The molecular weight excluding hydrogens is 1500 g/mol. The average Bonchev–Trinajstić information content (AvgIpc) is 0.818. The van der Waals surface area contributed by atoms with Gasteiger partial charge in [-0.1, -0.05) is 198 Å². The second-order valence-electron chi connectivity index (χ2n) is 26.0. The number of alkyl halides is 1. The molecule has 3 amide bonds. The van der Waals surface area contributed by atoms with Gasteiger partial charge in [-0.15, -0.1) is 0 Å². The number of likely N-dealkylation sites (tertiary alicyclic amines) is 3. The Morgan fingerprint density at radius 1 is 0.528 bits per heavy atom. The van der Waals surface area contributed by atoms with Gasteiger partial charge in [-0.3, -0.25) is 29.4 Å². The van der Waals surface area contributed by atoms with E-state index in [1.807, 2.05) is 125 Å². The summed E-state index contributed by atoms with van der Waals surface area (Å²) in [5, 5.41) is 17.7. The van der Waals surface area contributed by atoms with E-state index < -0.39 is 23.0 Å². The zero-order valence-corrected chi connectivity index (χ0v) is 65.8. The summed E-state index contributed by atoms with van der Waals surface area (Å²) in [7, 11) is 6.93. The molecule has 2 unspecified atom stereocenters. The third-order valence-corrected chi connectivity index (χ3v) is 20.5. The summed E-state index contributed by atoms with van der Waals surface area (Å²) in [5.74, 6) is -1.14. The number of methoxy groups -OCH3 is 5. The molecular formula is C80H104IN8O15S2+. The summed E-state index contributed by atoms with van der Waals surface area (Å²) in [6, 6.07) is 49.0. The number of piperazine rings is 1. The maximum absolute atomic E-state index is 11.9. The summed E-state index contributed by atoms with van der Waals surface area (Å²) in [4.78, 5) is 114. The Morgan fingerprint density at radius 2 is 0.962 bits per heavy atom. The van der Waals surface area contributed by atoms with Crippen LogP contribution < -0.4 is 10.6 Å². The minimum absolute atomic E-state index is 0.0282. The van der Waals surface area contributed by atoms with E-state index in [9.17, 15) is 48.5 Å². The van der Waals surface area contributed by atoms with E-state index in [1.54, 1.807) is 21.6 Å². The van der Waals surface area contributed by atoms with Gasteiger partial charge in [0.15, 0.2) is 6.54 Å². The van der Waals surface area contributed by atoms with Crippen LogP contribution in [-0.4, -0.2) is 182 Å². The molecule has 0 aliphatic carbocycles. The van der Waals surface area contributed by atoms with Gasteiger partial charge in [-0.25, -0.2) is 28.5 Å². The number of halogens is 1. The van der Waals surface area contributed by atoms with Crippen molar-refractivity contribution < 1.29 is 71.5 Å². The van der Waals surface area contributed by atoms with Crippen molar-refractivity contribution in [1.82, 2.24) is 30.2 Å². The van der Waals surface area contributed by atoms with Crippen molar-refractivity contribution in [2.45, 2.75) is 191 Å². The Kier molecular flexibility index (Phi) is 38.4. The summed E-state index contributed by atoms with van der Waals surface area (Å²) in [6.07, 6.45) is 18.1. The standard InChI is InChI=1S/C15H18N2O4.C15H20NO2S.C14H18N2O.C14H17NO3.C14H17NO2S.C7H11NO3.CH3I/c1-21-15(18)14-9-5-8-13(11-17(19)20)16(14)10-12-6-3-2-4-7-12;1-18-15(17)13-9-6-10-14(19-2)16(13)11-12-7-4-3-5-8-12;17-14-13-8-4-7-12(9-15-14)16(13)10-11-5-2-1-3-6-11;1-18-14(17)12-8-5-9-13(16)15(12)10-11-6-3-2-4-7-11;1-17-14(16)12-8-5-9-13(18)15(12)10-11-6-3-2-4-7-11;1-11-7(10)5-3-2-4-6(9)8-5;1-2/h2-4,6-7,11,14H,5,8-10H2,1H3;3-5,7-8,13H,6,9-11H2,1-2H3;1-3,5-6,12-13H,4,7-10H2,(H,15,17);2*2-4,6-7,12H,5,8-10H2,1H3;5H,2-4H2,1H3,(H,8,9);1H3/q;+1;;;;;/b13-11+;;;;;;/t14-;13-;;2*12-;5-;/m00.000./s1. The third-order valence-electron chi connectivity index (χ3n) is 19.1. The van der Waals surface area contributed by atoms with Gasteiger partial charge in [0.2, 0.25) is 28.8 Å². The van der Waals surface area contributed by atoms with Gasteiger partial charge in [-0.2, -0.15) is 0 Å². The first kappa shape index (κ1) is 86.3. The van der Waals surface area contributed by atoms with Gasteiger partial charge >= 0.3 is 29.8 Å². The van der Waals surface area contributed by atoms with E-state index in [4.69, 9.17) is 31.2 Å². The van der Waals surface area contributed by atoms with Gasteiger partial charge < -0.3 is 49.0 Å². The zero-order valence-electron chi connectivity index (χ0n) is 62.0. The molecule has 26 heteroatoms. The normalized spacial score (nSPS) is 21.4. The van der Waals surface area contributed by atoms with E-state index in [2.05, 4.69) is 90.1 Å². The monoisotopic (exact) mass is 1610 g/mol. The highest BCUT2D eigenvalue weighted by atomic mass is 127. The summed E-state index contributed by atoms with van der Waals surface area (Å²) in [5.41, 5.74) is 6.30. The lowest BCUT2D eigenvalue weighted by Gasteiger charge is -2.45. The number of amides is 3. The summed E-state index contributed by atoms with van der Waals surface area (Å²) in [6.45, 7) is 4.11. The Morgan fingerprint density at radius 3 is 1.45 bits per heavy atom. The number of thioether (sulfide) groups is 1. The summed E-state index contributed by atoms with van der Waals surface area (Å²) < 4.78 is 26.1. The number of nitrogens with zero attached hydrogens (tertiary/aromatic N) is 6. The van der Waals surface area contributed by atoms with Crippen molar-refractivity contribution in [2.75, 3.05) is 53.3 Å². The maximum atomic E-state index is 11.9. The van der Waals surface area contributed by atoms with Gasteiger partial charge in [0.25, 0.3) is 6.20 Å². The smallest absolute Gasteiger partial charge is 0.375 e. The van der Waals surface area contributed by atoms with Crippen molar-refractivity contribution in [3.05, 3.63) is 201 Å². The fourth-order valence-electron chi connectivity index (χ4n) is 13.8. The minimum Gasteiger partial charge on any atom is -0.467 e. The third kappa shape index (κ3) is 27.3. The Hall–Kier alpha value is -8.60. The lowest BCUT2D eigenvalue weighted by atomic mass is 9.91.